The van der Waals surface area contributed by atoms with Gasteiger partial charge in [0.2, 0.25) is 11.7 Å². The third-order valence-corrected chi connectivity index (χ3v) is 4.85. The quantitative estimate of drug-likeness (QED) is 0.437. The SMILES string of the molecule is CC[C@H](C)[C@H](NC(=O)c1cccc([N+](=O)[O-])c1)c1nc(-c2cccc(OC)c2)no1. The molecule has 0 aliphatic carbocycles. The smallest absolute Gasteiger partial charge is 0.270 e. The van der Waals surface area contributed by atoms with Crippen molar-refractivity contribution >= 4 is 11.6 Å². The Morgan fingerprint density at radius 2 is 2.03 bits per heavy atom. The lowest BCUT2D eigenvalue weighted by Crippen LogP contribution is -2.32. The lowest BCUT2D eigenvalue weighted by molar-refractivity contribution is -0.384. The van der Waals surface area contributed by atoms with E-state index in [9.17, 15) is 14.9 Å². The van der Waals surface area contributed by atoms with E-state index >= 15 is 0 Å². The molecule has 0 aliphatic rings. The summed E-state index contributed by atoms with van der Waals surface area (Å²) in [5.74, 6) is 0.843. The number of benzene rings is 2. The van der Waals surface area contributed by atoms with Crippen LogP contribution in [-0.4, -0.2) is 28.1 Å². The van der Waals surface area contributed by atoms with Crippen LogP contribution in [0.1, 0.15) is 42.6 Å². The van der Waals surface area contributed by atoms with Gasteiger partial charge in [0, 0.05) is 23.3 Å². The van der Waals surface area contributed by atoms with Gasteiger partial charge in [-0.1, -0.05) is 43.6 Å². The molecule has 2 aromatic carbocycles. The van der Waals surface area contributed by atoms with Crippen molar-refractivity contribution in [2.75, 3.05) is 7.11 Å². The maximum Gasteiger partial charge on any atom is 0.270 e. The van der Waals surface area contributed by atoms with E-state index in [1.807, 2.05) is 32.0 Å². The summed E-state index contributed by atoms with van der Waals surface area (Å²) >= 11 is 0. The highest BCUT2D eigenvalue weighted by atomic mass is 16.6. The first-order chi connectivity index (χ1) is 14.4. The summed E-state index contributed by atoms with van der Waals surface area (Å²) in [4.78, 5) is 27.7. The molecule has 9 nitrogen and oxygen atoms in total. The van der Waals surface area contributed by atoms with Crippen LogP contribution < -0.4 is 10.1 Å². The van der Waals surface area contributed by atoms with Gasteiger partial charge >= 0.3 is 0 Å². The summed E-state index contributed by atoms with van der Waals surface area (Å²) in [5, 5.41) is 17.9. The number of carbonyl (C=O) groups is 1. The maximum absolute atomic E-state index is 12.7. The first-order valence-electron chi connectivity index (χ1n) is 9.46. The standard InChI is InChI=1S/C21H22N4O5/c1-4-13(2)18(22-20(26)15-8-5-9-16(11-15)25(27)28)21-23-19(24-30-21)14-7-6-10-17(12-14)29-3/h5-13,18H,4H2,1-3H3,(H,22,26)/t13-,18-/m0/s1. The van der Waals surface area contributed by atoms with E-state index in [1.165, 1.54) is 24.3 Å². The molecule has 1 N–H and O–H groups in total. The van der Waals surface area contributed by atoms with Crippen LogP contribution >= 0.6 is 0 Å². The van der Waals surface area contributed by atoms with Crippen LogP contribution in [0.3, 0.4) is 0 Å². The first kappa shape index (κ1) is 21.0. The Balaban J connectivity index is 1.86. The molecule has 0 bridgehead atoms. The Kier molecular flexibility index (Phi) is 6.41. The number of ether oxygens (including phenoxy) is 1. The maximum atomic E-state index is 12.7. The van der Waals surface area contributed by atoms with Gasteiger partial charge in [0.1, 0.15) is 11.8 Å². The van der Waals surface area contributed by atoms with E-state index in [4.69, 9.17) is 9.26 Å². The van der Waals surface area contributed by atoms with Crippen LogP contribution in [0, 0.1) is 16.0 Å². The molecule has 156 valence electrons. The monoisotopic (exact) mass is 410 g/mol. The van der Waals surface area contributed by atoms with Crippen molar-refractivity contribution in [3.05, 3.63) is 70.1 Å². The van der Waals surface area contributed by atoms with Gasteiger partial charge in [0.15, 0.2) is 0 Å². The van der Waals surface area contributed by atoms with Crippen molar-refractivity contribution in [2.45, 2.75) is 26.3 Å². The van der Waals surface area contributed by atoms with Crippen molar-refractivity contribution in [1.82, 2.24) is 15.5 Å². The Morgan fingerprint density at radius 1 is 1.27 bits per heavy atom. The zero-order valence-electron chi connectivity index (χ0n) is 16.9. The minimum Gasteiger partial charge on any atom is -0.497 e. The molecule has 0 radical (unpaired) electrons. The molecule has 1 heterocycles. The van der Waals surface area contributed by atoms with Crippen LogP contribution in [0.2, 0.25) is 0 Å². The van der Waals surface area contributed by atoms with Crippen molar-refractivity contribution < 1.29 is 19.0 Å². The van der Waals surface area contributed by atoms with Gasteiger partial charge in [-0.25, -0.2) is 0 Å². The van der Waals surface area contributed by atoms with Crippen LogP contribution in [0.15, 0.2) is 53.1 Å². The number of aromatic nitrogens is 2. The fourth-order valence-electron chi connectivity index (χ4n) is 2.91. The van der Waals surface area contributed by atoms with E-state index in [0.717, 1.165) is 12.0 Å². The van der Waals surface area contributed by atoms with Gasteiger partial charge in [0.05, 0.1) is 12.0 Å². The van der Waals surface area contributed by atoms with Gasteiger partial charge in [-0.2, -0.15) is 4.98 Å². The Hall–Kier alpha value is -3.75. The van der Waals surface area contributed by atoms with Crippen LogP contribution in [0.4, 0.5) is 5.69 Å². The fourth-order valence-corrected chi connectivity index (χ4v) is 2.91. The second-order valence-electron chi connectivity index (χ2n) is 6.83. The van der Waals surface area contributed by atoms with E-state index in [1.54, 1.807) is 13.2 Å². The summed E-state index contributed by atoms with van der Waals surface area (Å²) in [6, 6.07) is 12.3. The summed E-state index contributed by atoms with van der Waals surface area (Å²) in [5.41, 5.74) is 0.753. The van der Waals surface area contributed by atoms with Crippen molar-refractivity contribution in [1.29, 1.82) is 0 Å². The predicted octanol–water partition coefficient (Wildman–Crippen LogP) is 4.17. The average Bonchev–Trinajstić information content (AvgIpc) is 3.26. The van der Waals surface area contributed by atoms with Gasteiger partial charge < -0.3 is 14.6 Å². The third-order valence-electron chi connectivity index (χ3n) is 4.85. The second kappa shape index (κ2) is 9.17. The molecular formula is C21H22N4O5. The molecule has 2 atom stereocenters. The van der Waals surface area contributed by atoms with Gasteiger partial charge in [-0.15, -0.1) is 0 Å². The number of methoxy groups -OCH3 is 1. The molecule has 0 unspecified atom stereocenters. The number of carbonyl (C=O) groups excluding carboxylic acids is 1. The fraction of sp³-hybridized carbons (Fsp3) is 0.286. The zero-order valence-corrected chi connectivity index (χ0v) is 16.9. The molecule has 0 saturated carbocycles. The summed E-state index contributed by atoms with van der Waals surface area (Å²) in [6.45, 7) is 3.93. The summed E-state index contributed by atoms with van der Waals surface area (Å²) < 4.78 is 10.7. The van der Waals surface area contributed by atoms with Crippen molar-refractivity contribution in [3.63, 3.8) is 0 Å². The highest BCUT2D eigenvalue weighted by molar-refractivity contribution is 5.95. The summed E-state index contributed by atoms with van der Waals surface area (Å²) in [7, 11) is 1.57. The largest absolute Gasteiger partial charge is 0.497 e. The Morgan fingerprint density at radius 3 is 2.73 bits per heavy atom. The van der Waals surface area contributed by atoms with Crippen LogP contribution in [0.5, 0.6) is 5.75 Å². The van der Waals surface area contributed by atoms with E-state index < -0.39 is 16.9 Å². The van der Waals surface area contributed by atoms with Crippen LogP contribution in [0.25, 0.3) is 11.4 Å². The first-order valence-corrected chi connectivity index (χ1v) is 9.46. The second-order valence-corrected chi connectivity index (χ2v) is 6.83. The van der Waals surface area contributed by atoms with Crippen molar-refractivity contribution in [2.24, 2.45) is 5.92 Å². The number of rotatable bonds is 8. The molecule has 3 rings (SSSR count). The number of hydrogen-bond donors (Lipinski definition) is 1. The number of hydrogen-bond acceptors (Lipinski definition) is 7. The molecule has 1 aromatic heterocycles. The Labute approximate surface area is 173 Å². The molecule has 0 spiro atoms. The minimum atomic E-state index is -0.548. The highest BCUT2D eigenvalue weighted by Gasteiger charge is 2.27. The average molecular weight is 410 g/mol. The molecule has 1 amide bonds. The van der Waals surface area contributed by atoms with Crippen LogP contribution in [-0.2, 0) is 0 Å². The highest BCUT2D eigenvalue weighted by Crippen LogP contribution is 2.27. The van der Waals surface area contributed by atoms with Gasteiger partial charge in [-0.3, -0.25) is 14.9 Å². The molecule has 30 heavy (non-hydrogen) atoms. The molecule has 0 saturated heterocycles. The predicted molar refractivity (Wildman–Crippen MR) is 109 cm³/mol. The molecule has 0 aliphatic heterocycles. The number of nitro groups is 1. The number of nitrogens with zero attached hydrogens (tertiary/aromatic N) is 3. The molecular weight excluding hydrogens is 388 g/mol. The van der Waals surface area contributed by atoms with E-state index in [0.29, 0.717) is 11.6 Å². The number of amides is 1. The topological polar surface area (TPSA) is 120 Å². The molecule has 9 heteroatoms. The Bertz CT molecular complexity index is 1050. The zero-order chi connectivity index (χ0) is 21.7. The number of nitrogens with one attached hydrogen (secondary N) is 1. The number of non-ortho nitro benzene ring substituents is 1. The number of nitro benzene ring substituents is 1. The van der Waals surface area contributed by atoms with Gasteiger partial charge in [0.25, 0.3) is 11.6 Å². The van der Waals surface area contributed by atoms with Crippen molar-refractivity contribution in [3.8, 4) is 17.1 Å². The minimum absolute atomic E-state index is 0.00809. The lowest BCUT2D eigenvalue weighted by Gasteiger charge is -2.20. The normalized spacial score (nSPS) is 12.8. The summed E-state index contributed by atoms with van der Waals surface area (Å²) in [6.07, 6.45) is 0.747. The van der Waals surface area contributed by atoms with Gasteiger partial charge in [-0.05, 0) is 24.1 Å². The molecule has 3 aromatic rings. The lowest BCUT2D eigenvalue weighted by atomic mass is 9.98. The van der Waals surface area contributed by atoms with E-state index in [2.05, 4.69) is 15.5 Å². The molecule has 0 fully saturated rings. The third kappa shape index (κ3) is 4.62. The van der Waals surface area contributed by atoms with E-state index in [-0.39, 0.29) is 23.1 Å².